The number of rotatable bonds is 7. The van der Waals surface area contributed by atoms with Gasteiger partial charge >= 0.3 is 0 Å². The topological polar surface area (TPSA) is 99.5 Å². The van der Waals surface area contributed by atoms with Crippen LogP contribution in [0.1, 0.15) is 0 Å². The highest BCUT2D eigenvalue weighted by Crippen LogP contribution is 2.51. The molecule has 9 nitrogen and oxygen atoms in total. The lowest BCUT2D eigenvalue weighted by molar-refractivity contribution is 1.18. The molecule has 0 bridgehead atoms. The Balaban J connectivity index is 0.000000108. The van der Waals surface area contributed by atoms with E-state index in [2.05, 4.69) is 397 Å². The Morgan fingerprint density at radius 3 is 1.17 bits per heavy atom. The molecule has 133 heavy (non-hydrogen) atoms. The fraction of sp³-hybridized carbons (Fsp3) is 0. The lowest BCUT2D eigenvalue weighted by atomic mass is 9.85. The van der Waals surface area contributed by atoms with Gasteiger partial charge in [0.15, 0.2) is 5.69 Å². The molecular formula is C124H73N9. The van der Waals surface area contributed by atoms with E-state index in [-0.39, 0.29) is 0 Å². The molecule has 0 aliphatic rings. The molecule has 28 rings (SSSR count). The summed E-state index contributed by atoms with van der Waals surface area (Å²) < 4.78 is 2.31. The summed E-state index contributed by atoms with van der Waals surface area (Å²) in [6, 6.07) is 146. The highest BCUT2D eigenvalue weighted by Gasteiger charge is 2.26. The SMILES string of the molecule is [C-]#[N+]c1ccc2c(c1)c1cc(-c3c4ccccc4c(-c4nc5ccccc5c5c4ccc4ccc6cccnc6c45)c4ccccc34)ccc1n2-c1ccccc1.c1ccc(-c2ccc(-c3nc4ccccc4c4c3ccc3ncc5ccccc5c34)c3ccccc23)cc1.c1cncc(-c2ccc(-c3nc4ccccc4c4c3ccc3ncc5ccccc5c34)c3ccccc23)c1. The zero-order valence-corrected chi connectivity index (χ0v) is 71.7. The van der Waals surface area contributed by atoms with Crippen molar-refractivity contribution >= 4 is 201 Å². The van der Waals surface area contributed by atoms with Gasteiger partial charge in [0.05, 0.1) is 67.8 Å². The summed E-state index contributed by atoms with van der Waals surface area (Å²) in [6.45, 7) is 7.83. The molecule has 0 aliphatic heterocycles. The molecule has 0 saturated heterocycles. The number of para-hydroxylation sites is 4. The Kier molecular flexibility index (Phi) is 17.8. The lowest BCUT2D eigenvalue weighted by Crippen LogP contribution is -1.96. The van der Waals surface area contributed by atoms with Crippen LogP contribution in [-0.2, 0) is 0 Å². The zero-order valence-electron chi connectivity index (χ0n) is 71.7. The van der Waals surface area contributed by atoms with Crippen molar-refractivity contribution in [2.75, 3.05) is 0 Å². The largest absolute Gasteiger partial charge is 0.309 e. The first-order valence-corrected chi connectivity index (χ1v) is 44.9. The molecule has 0 spiro atoms. The third-order valence-electron chi connectivity index (χ3n) is 27.0. The molecule has 8 heterocycles. The maximum atomic E-state index is 7.83. The number of hydrogen-bond acceptors (Lipinski definition) is 7. The summed E-state index contributed by atoms with van der Waals surface area (Å²) in [7, 11) is 0. The molecule has 0 saturated carbocycles. The third kappa shape index (κ3) is 12.3. The van der Waals surface area contributed by atoms with Gasteiger partial charge in [-0.2, -0.15) is 0 Å². The highest BCUT2D eigenvalue weighted by molar-refractivity contribution is 6.34. The molecule has 0 fully saturated rings. The molecular weight excluding hydrogens is 1620 g/mol. The Labute approximate surface area is 762 Å². The maximum absolute atomic E-state index is 7.83. The quantitative estimate of drug-likeness (QED) is 0.0890. The zero-order chi connectivity index (χ0) is 87.7. The first-order chi connectivity index (χ1) is 66.0. The number of nitrogens with zero attached hydrogens (tertiary/aromatic N) is 9. The minimum Gasteiger partial charge on any atom is -0.309 e. The average Bonchev–Trinajstić information content (AvgIpc) is 0.975. The van der Waals surface area contributed by atoms with Crippen LogP contribution in [0.2, 0.25) is 0 Å². The number of fused-ring (bicyclic) bond motifs is 28. The van der Waals surface area contributed by atoms with Crippen LogP contribution in [0.4, 0.5) is 5.69 Å². The molecule has 8 aromatic heterocycles. The van der Waals surface area contributed by atoms with Gasteiger partial charge in [-0.3, -0.25) is 19.9 Å². The van der Waals surface area contributed by atoms with Gasteiger partial charge in [0, 0.05) is 145 Å². The second-order valence-electron chi connectivity index (χ2n) is 34.2. The van der Waals surface area contributed by atoms with Crippen molar-refractivity contribution in [3.63, 3.8) is 0 Å². The molecule has 0 atom stereocenters. The van der Waals surface area contributed by atoms with Gasteiger partial charge in [-0.15, -0.1) is 0 Å². The van der Waals surface area contributed by atoms with Gasteiger partial charge in [-0.25, -0.2) is 19.8 Å². The number of hydrogen-bond donors (Lipinski definition) is 0. The fourth-order valence-corrected chi connectivity index (χ4v) is 21.2. The molecule has 0 N–H and O–H groups in total. The lowest BCUT2D eigenvalue weighted by Gasteiger charge is -2.19. The number of aromatic nitrogens is 8. The summed E-state index contributed by atoms with van der Waals surface area (Å²) in [4.78, 5) is 38.9. The molecule has 28 aromatic rings. The highest BCUT2D eigenvalue weighted by atomic mass is 15.0. The maximum Gasteiger partial charge on any atom is 0.188 e. The van der Waals surface area contributed by atoms with E-state index in [4.69, 9.17) is 36.5 Å². The van der Waals surface area contributed by atoms with E-state index >= 15 is 0 Å². The van der Waals surface area contributed by atoms with Crippen LogP contribution in [-0.4, -0.2) is 39.5 Å². The Morgan fingerprint density at radius 1 is 0.218 bits per heavy atom. The minimum absolute atomic E-state index is 0.631. The third-order valence-corrected chi connectivity index (χ3v) is 27.0. The molecule has 614 valence electrons. The van der Waals surface area contributed by atoms with Crippen LogP contribution in [0.25, 0.3) is 273 Å². The summed E-state index contributed by atoms with van der Waals surface area (Å²) >= 11 is 0. The van der Waals surface area contributed by atoms with Crippen LogP contribution < -0.4 is 0 Å². The van der Waals surface area contributed by atoms with E-state index in [0.29, 0.717) is 5.69 Å². The monoisotopic (exact) mass is 1690 g/mol. The van der Waals surface area contributed by atoms with Gasteiger partial charge in [0.25, 0.3) is 0 Å². The summed E-state index contributed by atoms with van der Waals surface area (Å²) in [5.41, 5.74) is 23.2. The van der Waals surface area contributed by atoms with Crippen LogP contribution >= 0.6 is 0 Å². The van der Waals surface area contributed by atoms with Crippen molar-refractivity contribution in [3.8, 4) is 72.8 Å². The molecule has 0 amide bonds. The van der Waals surface area contributed by atoms with Gasteiger partial charge in [-0.05, 0) is 183 Å². The van der Waals surface area contributed by atoms with E-state index in [1.54, 1.807) is 0 Å². The predicted molar refractivity (Wildman–Crippen MR) is 557 cm³/mol. The smallest absolute Gasteiger partial charge is 0.188 e. The van der Waals surface area contributed by atoms with Gasteiger partial charge in [0.2, 0.25) is 0 Å². The van der Waals surface area contributed by atoms with Crippen molar-refractivity contribution in [1.29, 1.82) is 0 Å². The number of benzene rings is 20. The molecule has 9 heteroatoms. The molecule has 20 aromatic carbocycles. The predicted octanol–water partition coefficient (Wildman–Crippen LogP) is 32.9. The molecule has 0 aliphatic carbocycles. The first kappa shape index (κ1) is 76.2. The van der Waals surface area contributed by atoms with E-state index in [1.807, 2.05) is 61.3 Å². The van der Waals surface area contributed by atoms with Gasteiger partial charge in [0.1, 0.15) is 0 Å². The molecule has 0 radical (unpaired) electrons. The van der Waals surface area contributed by atoms with Crippen molar-refractivity contribution in [2.45, 2.75) is 0 Å². The number of pyridine rings is 7. The summed E-state index contributed by atoms with van der Waals surface area (Å²) in [5, 5.41) is 32.5. The van der Waals surface area contributed by atoms with Crippen molar-refractivity contribution in [1.82, 2.24) is 39.5 Å². The first-order valence-electron chi connectivity index (χ1n) is 44.9. The van der Waals surface area contributed by atoms with Crippen LogP contribution in [0, 0.1) is 6.57 Å². The average molecular weight is 1690 g/mol. The second kappa shape index (κ2) is 31.1. The van der Waals surface area contributed by atoms with Gasteiger partial charge < -0.3 is 4.57 Å². The van der Waals surface area contributed by atoms with Crippen LogP contribution in [0.15, 0.2) is 443 Å². The Hall–Kier alpha value is -18.1. The Bertz CT molecular complexity index is 9440. The fourth-order valence-electron chi connectivity index (χ4n) is 21.2. The Morgan fingerprint density at radius 2 is 0.624 bits per heavy atom. The summed E-state index contributed by atoms with van der Waals surface area (Å²) in [6.07, 6.45) is 9.58. The second-order valence-corrected chi connectivity index (χ2v) is 34.2. The van der Waals surface area contributed by atoms with Crippen molar-refractivity contribution in [3.05, 3.63) is 455 Å². The van der Waals surface area contributed by atoms with E-state index in [9.17, 15) is 0 Å². The van der Waals surface area contributed by atoms with Crippen LogP contribution in [0.5, 0.6) is 0 Å². The van der Waals surface area contributed by atoms with Crippen LogP contribution in [0.3, 0.4) is 0 Å². The van der Waals surface area contributed by atoms with Crippen molar-refractivity contribution < 1.29 is 0 Å². The van der Waals surface area contributed by atoms with Gasteiger partial charge in [-0.1, -0.05) is 322 Å². The molecule has 0 unspecified atom stereocenters. The van der Waals surface area contributed by atoms with E-state index in [1.165, 1.54) is 81.5 Å². The van der Waals surface area contributed by atoms with E-state index < -0.39 is 0 Å². The van der Waals surface area contributed by atoms with E-state index in [0.717, 1.165) is 186 Å². The van der Waals surface area contributed by atoms with Crippen molar-refractivity contribution in [2.24, 2.45) is 0 Å². The minimum atomic E-state index is 0.631. The normalized spacial score (nSPS) is 11.8. The summed E-state index contributed by atoms with van der Waals surface area (Å²) in [5.74, 6) is 0. The standard InChI is InChI=1S/C53H30N4.C36H22N2.C35H21N3/c1-54-35-25-28-47-44(31-35)43-30-34(24-27-46(43)57(47)36-13-3-2-4-14-36)48-37-15-5-7-17-39(37)51(40-18-8-6-16-38(40)48)53-42-26-23-32-21-22-33-12-11-29-55-52(33)49(32)50(42)41-19-9-10-20-45(41)56-53;1-2-10-23(11-3-1)25-18-19-29(28-15-7-6-14-27(25)28)36-31-20-21-33-35(26-13-5-4-12-24(26)22-37-33)34(31)30-16-8-9-17-32(30)38-36;1-2-10-25-23(8-1)21-37-32-18-17-30-33(34(25)32)29-13-5-6-14-31(29)38-35(30)28-16-15-24(22-9-7-19-36-20-22)26-11-3-4-12-27(26)28/h2-31H;1-22H;1-21H.